The zero-order valence-corrected chi connectivity index (χ0v) is 18.9. The second-order valence-electron chi connectivity index (χ2n) is 8.49. The molecule has 0 spiro atoms. The number of benzene rings is 2. The number of carbonyl (C=O) groups is 1. The molecule has 1 N–H and O–H groups in total. The van der Waals surface area contributed by atoms with Gasteiger partial charge in [-0.25, -0.2) is 13.7 Å². The third-order valence-electron chi connectivity index (χ3n) is 5.03. The molecule has 2 aromatic rings. The van der Waals surface area contributed by atoms with Crippen molar-refractivity contribution in [3.8, 4) is 5.75 Å². The molecule has 162 valence electrons. The van der Waals surface area contributed by atoms with E-state index in [1.165, 1.54) is 7.11 Å². The quantitative estimate of drug-likeness (QED) is 0.678. The molecule has 1 heterocycles. The van der Waals surface area contributed by atoms with Crippen LogP contribution in [0.1, 0.15) is 47.8 Å². The van der Waals surface area contributed by atoms with Gasteiger partial charge >= 0.3 is 5.97 Å². The molecule has 3 rings (SSSR count). The maximum Gasteiger partial charge on any atom is 0.338 e. The minimum Gasteiger partial charge on any atom is -0.489 e. The van der Waals surface area contributed by atoms with Crippen LogP contribution in [0.3, 0.4) is 0 Å². The largest absolute Gasteiger partial charge is 0.489 e. The van der Waals surface area contributed by atoms with Crippen LogP contribution in [0.25, 0.3) is 0 Å². The first-order valence-corrected chi connectivity index (χ1v) is 11.0. The van der Waals surface area contributed by atoms with Crippen molar-refractivity contribution in [1.29, 1.82) is 0 Å². The average Bonchev–Trinajstić information content (AvgIpc) is 2.68. The summed E-state index contributed by atoms with van der Waals surface area (Å²) < 4.78 is 32.3. The smallest absolute Gasteiger partial charge is 0.338 e. The number of aryl methyl sites for hydroxylation is 1. The van der Waals surface area contributed by atoms with Gasteiger partial charge in [-0.1, -0.05) is 30.3 Å². The molecule has 1 atom stereocenters. The third-order valence-corrected chi connectivity index (χ3v) is 6.71. The Labute approximate surface area is 180 Å². The highest BCUT2D eigenvalue weighted by molar-refractivity contribution is 7.84. The third kappa shape index (κ3) is 4.74. The Morgan fingerprint density at radius 2 is 1.87 bits per heavy atom. The predicted molar refractivity (Wildman–Crippen MR) is 117 cm³/mol. The van der Waals surface area contributed by atoms with Crippen molar-refractivity contribution >= 4 is 17.0 Å². The molecular weight excluding hydrogens is 402 g/mol. The van der Waals surface area contributed by atoms with Gasteiger partial charge in [0.25, 0.3) is 0 Å². The SMILES string of the molecule is COC(=O)c1cc(C2(NS(=O)C(C)(C)C)COC2)c(OCc2ccccc2)cc1C. The van der Waals surface area contributed by atoms with E-state index in [2.05, 4.69) is 4.72 Å². The summed E-state index contributed by atoms with van der Waals surface area (Å²) in [4.78, 5) is 12.3. The van der Waals surface area contributed by atoms with Gasteiger partial charge in [0.1, 0.15) is 17.9 Å². The lowest BCUT2D eigenvalue weighted by atomic mass is 9.86. The van der Waals surface area contributed by atoms with E-state index >= 15 is 0 Å². The molecule has 1 unspecified atom stereocenters. The first kappa shape index (κ1) is 22.5. The second kappa shape index (κ2) is 8.88. The normalized spacial score (nSPS) is 16.4. The number of hydrogen-bond acceptors (Lipinski definition) is 5. The van der Waals surface area contributed by atoms with Crippen molar-refractivity contribution in [2.75, 3.05) is 20.3 Å². The first-order valence-electron chi connectivity index (χ1n) is 9.84. The molecule has 0 bridgehead atoms. The zero-order valence-electron chi connectivity index (χ0n) is 18.1. The van der Waals surface area contributed by atoms with Gasteiger partial charge in [0.15, 0.2) is 0 Å². The van der Waals surface area contributed by atoms with Crippen LogP contribution in [0, 0.1) is 6.92 Å². The monoisotopic (exact) mass is 431 g/mol. The van der Waals surface area contributed by atoms with E-state index in [4.69, 9.17) is 14.2 Å². The van der Waals surface area contributed by atoms with Crippen LogP contribution in [0.15, 0.2) is 42.5 Å². The minimum atomic E-state index is -1.33. The second-order valence-corrected chi connectivity index (χ2v) is 10.5. The van der Waals surface area contributed by atoms with E-state index in [1.807, 2.05) is 64.1 Å². The van der Waals surface area contributed by atoms with E-state index in [9.17, 15) is 9.00 Å². The van der Waals surface area contributed by atoms with Crippen LogP contribution >= 0.6 is 0 Å². The molecular formula is C23H29NO5S. The van der Waals surface area contributed by atoms with Crippen molar-refractivity contribution in [1.82, 2.24) is 4.72 Å². The van der Waals surface area contributed by atoms with Gasteiger partial charge in [0, 0.05) is 5.56 Å². The first-order chi connectivity index (χ1) is 14.2. The molecule has 0 amide bonds. The predicted octanol–water partition coefficient (Wildman–Crippen LogP) is 3.64. The molecule has 0 aliphatic carbocycles. The summed E-state index contributed by atoms with van der Waals surface area (Å²) in [5.74, 6) is 0.210. The molecule has 1 saturated heterocycles. The van der Waals surface area contributed by atoms with E-state index in [0.29, 0.717) is 31.1 Å². The molecule has 0 radical (unpaired) electrons. The number of carbonyl (C=O) groups excluding carboxylic acids is 1. The molecule has 7 heteroatoms. The Bertz CT molecular complexity index is 933. The zero-order chi connectivity index (χ0) is 21.9. The fourth-order valence-corrected chi connectivity index (χ4v) is 4.04. The van der Waals surface area contributed by atoms with Crippen LogP contribution in [-0.2, 0) is 32.6 Å². The van der Waals surface area contributed by atoms with Gasteiger partial charge in [0.2, 0.25) is 0 Å². The summed E-state index contributed by atoms with van der Waals surface area (Å²) in [7, 11) is 0.0273. The molecule has 1 fully saturated rings. The Morgan fingerprint density at radius 1 is 1.20 bits per heavy atom. The Kier molecular flexibility index (Phi) is 6.65. The maximum absolute atomic E-state index is 12.9. The van der Waals surface area contributed by atoms with Crippen LogP contribution < -0.4 is 9.46 Å². The van der Waals surface area contributed by atoms with Crippen LogP contribution in [0.5, 0.6) is 5.75 Å². The highest BCUT2D eigenvalue weighted by Gasteiger charge is 2.46. The number of rotatable bonds is 7. The Morgan fingerprint density at radius 3 is 2.40 bits per heavy atom. The summed E-state index contributed by atoms with van der Waals surface area (Å²) in [5, 5.41) is 0. The standard InChI is InChI=1S/C23H29NO5S/c1-16-11-20(29-13-17-9-7-6-8-10-17)19(12-18(16)21(25)27-5)23(14-28-15-23)24-30(26)22(2,3)4/h6-12,24H,13-15H2,1-5H3. The van der Waals surface area contributed by atoms with Crippen molar-refractivity contribution in [3.05, 3.63) is 64.7 Å². The summed E-state index contributed by atoms with van der Waals surface area (Å²) in [5.41, 5.74) is 2.27. The van der Waals surface area contributed by atoms with Gasteiger partial charge in [-0.3, -0.25) is 0 Å². The van der Waals surface area contributed by atoms with Crippen molar-refractivity contribution in [2.45, 2.75) is 44.6 Å². The molecule has 6 nitrogen and oxygen atoms in total. The molecule has 0 saturated carbocycles. The van der Waals surface area contributed by atoms with Crippen molar-refractivity contribution in [3.63, 3.8) is 0 Å². The Hall–Kier alpha value is -2.22. The minimum absolute atomic E-state index is 0.334. The fraction of sp³-hybridized carbons (Fsp3) is 0.435. The van der Waals surface area contributed by atoms with Crippen molar-refractivity contribution in [2.24, 2.45) is 0 Å². The summed E-state index contributed by atoms with van der Waals surface area (Å²) in [6.07, 6.45) is 0. The van der Waals surface area contributed by atoms with E-state index in [0.717, 1.165) is 16.7 Å². The highest BCUT2D eigenvalue weighted by atomic mass is 32.2. The van der Waals surface area contributed by atoms with Gasteiger partial charge < -0.3 is 14.2 Å². The van der Waals surface area contributed by atoms with E-state index in [-0.39, 0.29) is 0 Å². The number of ether oxygens (including phenoxy) is 3. The molecule has 30 heavy (non-hydrogen) atoms. The number of nitrogens with one attached hydrogen (secondary N) is 1. The van der Waals surface area contributed by atoms with Crippen LogP contribution in [-0.4, -0.2) is 35.2 Å². The lowest BCUT2D eigenvalue weighted by Crippen LogP contribution is -2.60. The van der Waals surface area contributed by atoms with Gasteiger partial charge in [-0.05, 0) is 51.0 Å². The fourth-order valence-electron chi connectivity index (χ4n) is 3.15. The summed E-state index contributed by atoms with van der Waals surface area (Å²) in [6.45, 7) is 8.61. The molecule has 2 aromatic carbocycles. The van der Waals surface area contributed by atoms with Gasteiger partial charge in [0.05, 0.1) is 41.6 Å². The lowest BCUT2D eigenvalue weighted by molar-refractivity contribution is -0.0671. The number of esters is 1. The molecule has 1 aliphatic heterocycles. The molecule has 1 aliphatic rings. The van der Waals surface area contributed by atoms with Crippen LogP contribution in [0.2, 0.25) is 0 Å². The Balaban J connectivity index is 2.02. The van der Waals surface area contributed by atoms with Gasteiger partial charge in [-0.15, -0.1) is 0 Å². The van der Waals surface area contributed by atoms with E-state index in [1.54, 1.807) is 6.07 Å². The lowest BCUT2D eigenvalue weighted by Gasteiger charge is -2.44. The summed E-state index contributed by atoms with van der Waals surface area (Å²) >= 11 is 0. The number of methoxy groups -OCH3 is 1. The maximum atomic E-state index is 12.9. The van der Waals surface area contributed by atoms with Gasteiger partial charge in [-0.2, -0.15) is 0 Å². The average molecular weight is 432 g/mol. The van der Waals surface area contributed by atoms with Crippen molar-refractivity contribution < 1.29 is 23.2 Å². The number of hydrogen-bond donors (Lipinski definition) is 1. The highest BCUT2D eigenvalue weighted by Crippen LogP contribution is 2.39. The topological polar surface area (TPSA) is 73.9 Å². The van der Waals surface area contributed by atoms with Crippen LogP contribution in [0.4, 0.5) is 0 Å². The van der Waals surface area contributed by atoms with E-state index < -0.39 is 27.2 Å². The summed E-state index contributed by atoms with van der Waals surface area (Å²) in [6, 6.07) is 13.5. The molecule has 0 aromatic heterocycles.